The molecule has 9 rings (SSSR count). The Morgan fingerprint density at radius 3 is 2.01 bits per heavy atom. The van der Waals surface area contributed by atoms with Gasteiger partial charge in [-0.1, -0.05) is 47.2 Å². The van der Waals surface area contributed by atoms with Gasteiger partial charge in [0.05, 0.1) is 81.8 Å². The Bertz CT molecular complexity index is 2720. The lowest BCUT2D eigenvalue weighted by atomic mass is 10.1. The molecule has 2 atom stereocenters. The van der Waals surface area contributed by atoms with E-state index in [1.165, 1.54) is 10.8 Å². The zero-order chi connectivity index (χ0) is 48.1. The largest absolute Gasteiger partial charge is 0.493 e. The van der Waals surface area contributed by atoms with Gasteiger partial charge in [0.2, 0.25) is 0 Å². The van der Waals surface area contributed by atoms with Gasteiger partial charge in [-0.2, -0.15) is 0 Å². The number of methoxy groups -OCH3 is 3. The van der Waals surface area contributed by atoms with Gasteiger partial charge in [0.1, 0.15) is 13.2 Å². The van der Waals surface area contributed by atoms with Gasteiger partial charge in [-0.15, -0.1) is 11.7 Å². The predicted molar refractivity (Wildman–Crippen MR) is 276 cm³/mol. The zero-order valence-electron chi connectivity index (χ0n) is 39.7. The number of anilines is 4. The number of hydrogen-bond acceptors (Lipinski definition) is 14. The minimum absolute atomic E-state index is 0.00795. The summed E-state index contributed by atoms with van der Waals surface area (Å²) in [6, 6.07) is 29.3. The molecule has 0 bridgehead atoms. The highest BCUT2D eigenvalue weighted by Crippen LogP contribution is 2.43. The molecule has 2 amide bonds. The van der Waals surface area contributed by atoms with Crippen LogP contribution < -0.4 is 39.0 Å². The highest BCUT2D eigenvalue weighted by atomic mass is 33.1. The number of nitrogens with one attached hydrogen (secondary N) is 1. The maximum absolute atomic E-state index is 14.2. The molecule has 4 aliphatic heterocycles. The summed E-state index contributed by atoms with van der Waals surface area (Å²) in [6.07, 6.45) is 3.33. The number of carbonyl (C=O) groups excluding carboxylic acids is 2. The summed E-state index contributed by atoms with van der Waals surface area (Å²) in [5.41, 5.74) is 8.99. The van der Waals surface area contributed by atoms with Gasteiger partial charge >= 0.3 is 0 Å². The number of amides is 2. The summed E-state index contributed by atoms with van der Waals surface area (Å²) < 4.78 is 41.5. The van der Waals surface area contributed by atoms with Crippen molar-refractivity contribution in [3.8, 4) is 23.0 Å². The van der Waals surface area contributed by atoms with Crippen LogP contribution in [0, 0.1) is 0 Å². The molecule has 4 heterocycles. The Labute approximate surface area is 413 Å². The number of nitrogens with zero attached hydrogens (tertiary/aromatic N) is 4. The van der Waals surface area contributed by atoms with Crippen molar-refractivity contribution in [1.82, 2.24) is 0 Å². The van der Waals surface area contributed by atoms with Crippen molar-refractivity contribution in [3.63, 3.8) is 0 Å². The van der Waals surface area contributed by atoms with Crippen molar-refractivity contribution in [2.24, 2.45) is 4.99 Å². The Kier molecular flexibility index (Phi) is 14.9. The average molecular weight is 974 g/mol. The summed E-state index contributed by atoms with van der Waals surface area (Å²) in [6.45, 7) is 8.93. The maximum atomic E-state index is 14.2. The average Bonchev–Trinajstić information content (AvgIpc) is 3.86. The molecule has 5 aromatic carbocycles. The van der Waals surface area contributed by atoms with E-state index >= 15 is 0 Å². The molecular formula is C53H59N5O9S2. The molecule has 4 aliphatic rings. The lowest BCUT2D eigenvalue weighted by Gasteiger charge is -2.33. The lowest BCUT2D eigenvalue weighted by Crippen LogP contribution is -2.39. The van der Waals surface area contributed by atoms with Crippen LogP contribution in [-0.2, 0) is 40.3 Å². The summed E-state index contributed by atoms with van der Waals surface area (Å²) in [5.74, 6) is 1.62. The van der Waals surface area contributed by atoms with Crippen molar-refractivity contribution in [3.05, 3.63) is 124 Å². The molecular weight excluding hydrogens is 915 g/mol. The van der Waals surface area contributed by atoms with E-state index in [1.807, 2.05) is 58.5 Å². The molecule has 16 heteroatoms. The third-order valence-corrected chi connectivity index (χ3v) is 14.9. The predicted octanol–water partition coefficient (Wildman–Crippen LogP) is 8.99. The van der Waals surface area contributed by atoms with Crippen LogP contribution in [0.2, 0.25) is 0 Å². The number of ether oxygens (including phenoxy) is 7. The molecule has 0 fully saturated rings. The molecule has 1 N–H and O–H groups in total. The zero-order valence-corrected chi connectivity index (χ0v) is 41.4. The fraction of sp³-hybridized carbons (Fsp3) is 0.377. The molecule has 0 radical (unpaired) electrons. The summed E-state index contributed by atoms with van der Waals surface area (Å²) in [5, 5.41) is 3.54. The summed E-state index contributed by atoms with van der Waals surface area (Å²) >= 11 is 4.64. The SMILES string of the molecule is COCCOCCOCCN(CC(C)(C)SS)c1cc(COc2cc3c(cc2OC)C(=O)N2c4ccccc4C[C@H]2C=N3)cc(COc2cc3c(cc2OC)C(=O)N2c4ccccc4C[C@H]2CN3)c1. The van der Waals surface area contributed by atoms with Crippen LogP contribution in [0.3, 0.4) is 0 Å². The molecule has 0 aliphatic carbocycles. The minimum atomic E-state index is -0.226. The molecule has 0 unspecified atom stereocenters. The van der Waals surface area contributed by atoms with Crippen LogP contribution in [0.4, 0.5) is 28.4 Å². The Morgan fingerprint density at radius 2 is 1.33 bits per heavy atom. The highest BCUT2D eigenvalue weighted by molar-refractivity contribution is 8.69. The second kappa shape index (κ2) is 21.4. The van der Waals surface area contributed by atoms with E-state index < -0.39 is 0 Å². The first-order valence-corrected chi connectivity index (χ1v) is 25.1. The standard InChI is InChI=1S/C53H59N5O9S2/c1-53(2,69-68)33-56(14-15-64-18-19-65-17-16-61-3)38-21-34(31-66-49-27-43-41(25-47(49)62-4)51(59)57-39(29-54-43)23-36-10-6-8-12-45(36)57)20-35(22-38)32-67-50-28-44-42(26-48(50)63-5)52(60)58-40(30-55-44)24-37-11-7-9-13-46(37)58/h6-13,20-22,25-29,39-40,55,68H,14-19,23-24,30-33H2,1-5H3/t39-,40-/m0/s1. The van der Waals surface area contributed by atoms with Gasteiger partial charge in [0.25, 0.3) is 11.8 Å². The lowest BCUT2D eigenvalue weighted by molar-refractivity contribution is 0.0264. The van der Waals surface area contributed by atoms with E-state index in [4.69, 9.17) is 38.2 Å². The van der Waals surface area contributed by atoms with E-state index in [0.29, 0.717) is 105 Å². The van der Waals surface area contributed by atoms with Crippen LogP contribution in [0.25, 0.3) is 0 Å². The van der Waals surface area contributed by atoms with Crippen molar-refractivity contribution in [2.75, 3.05) is 94.0 Å². The van der Waals surface area contributed by atoms with Crippen LogP contribution in [0.5, 0.6) is 23.0 Å². The Morgan fingerprint density at radius 1 is 0.725 bits per heavy atom. The second-order valence-electron chi connectivity index (χ2n) is 18.0. The number of hydrogen-bond donors (Lipinski definition) is 2. The molecule has 14 nitrogen and oxygen atoms in total. The smallest absolute Gasteiger partial charge is 0.261 e. The third kappa shape index (κ3) is 10.5. The fourth-order valence-electron chi connectivity index (χ4n) is 9.44. The van der Waals surface area contributed by atoms with Gasteiger partial charge < -0.3 is 48.3 Å². The van der Waals surface area contributed by atoms with E-state index in [2.05, 4.69) is 66.1 Å². The quantitative estimate of drug-likeness (QED) is 0.0413. The topological polar surface area (TPSA) is 133 Å². The normalized spacial score (nSPS) is 16.6. The first-order valence-electron chi connectivity index (χ1n) is 23.2. The highest BCUT2D eigenvalue weighted by Gasteiger charge is 2.39. The summed E-state index contributed by atoms with van der Waals surface area (Å²) in [7, 11) is 6.30. The molecule has 0 saturated carbocycles. The molecule has 0 saturated heterocycles. The maximum Gasteiger partial charge on any atom is 0.261 e. The number of aliphatic imine (C=N–C) groups is 1. The van der Waals surface area contributed by atoms with E-state index in [0.717, 1.165) is 45.7 Å². The molecule has 0 aromatic heterocycles. The number of carbonyl (C=O) groups is 2. The van der Waals surface area contributed by atoms with Gasteiger partial charge in [-0.05, 0) is 85.0 Å². The molecule has 5 aromatic rings. The fourth-order valence-corrected chi connectivity index (χ4v) is 9.83. The number of benzene rings is 5. The Hall–Kier alpha value is -5.91. The molecule has 69 heavy (non-hydrogen) atoms. The van der Waals surface area contributed by atoms with Gasteiger partial charge in [-0.3, -0.25) is 19.5 Å². The van der Waals surface area contributed by atoms with Crippen molar-refractivity contribution in [2.45, 2.75) is 56.7 Å². The number of rotatable bonds is 21. The molecule has 362 valence electrons. The van der Waals surface area contributed by atoms with Gasteiger partial charge in [0.15, 0.2) is 23.0 Å². The van der Waals surface area contributed by atoms with Crippen LogP contribution >= 0.6 is 22.5 Å². The van der Waals surface area contributed by atoms with E-state index in [1.54, 1.807) is 39.5 Å². The van der Waals surface area contributed by atoms with Crippen molar-refractivity contribution < 1.29 is 42.7 Å². The monoisotopic (exact) mass is 973 g/mol. The van der Waals surface area contributed by atoms with Crippen LogP contribution in [0.1, 0.15) is 56.8 Å². The van der Waals surface area contributed by atoms with Crippen LogP contribution in [0.15, 0.2) is 96.0 Å². The first kappa shape index (κ1) is 48.1. The number of thiol groups is 1. The molecule has 0 spiro atoms. The Balaban J connectivity index is 0.994. The van der Waals surface area contributed by atoms with E-state index in [-0.39, 0.29) is 41.9 Å². The number of para-hydroxylation sites is 2. The third-order valence-electron chi connectivity index (χ3n) is 12.8. The van der Waals surface area contributed by atoms with E-state index in [9.17, 15) is 9.59 Å². The van der Waals surface area contributed by atoms with Crippen molar-refractivity contribution in [1.29, 1.82) is 0 Å². The second-order valence-corrected chi connectivity index (χ2v) is 19.9. The van der Waals surface area contributed by atoms with Crippen molar-refractivity contribution >= 4 is 68.9 Å². The number of fused-ring (bicyclic) bond motifs is 8. The van der Waals surface area contributed by atoms with Crippen LogP contribution in [-0.4, -0.2) is 109 Å². The van der Waals surface area contributed by atoms with Gasteiger partial charge in [-0.25, -0.2) is 0 Å². The first-order chi connectivity index (χ1) is 33.6. The minimum Gasteiger partial charge on any atom is -0.493 e. The van der Waals surface area contributed by atoms with Gasteiger partial charge in [0, 0.05) is 73.3 Å². The summed E-state index contributed by atoms with van der Waals surface area (Å²) in [4.78, 5) is 39.1.